The van der Waals surface area contributed by atoms with E-state index in [1.165, 1.54) is 0 Å². The second-order valence-electron chi connectivity index (χ2n) is 4.50. The third kappa shape index (κ3) is 3.62. The largest absolute Gasteiger partial charge is 0.383 e. The highest BCUT2D eigenvalue weighted by Gasteiger charge is 2.16. The Morgan fingerprint density at radius 2 is 2.29 bits per heavy atom. The number of nitrogens with one attached hydrogen (secondary N) is 1. The number of halogens is 1. The molecule has 112 valence electrons. The van der Waals surface area contributed by atoms with Gasteiger partial charge in [0.1, 0.15) is 0 Å². The van der Waals surface area contributed by atoms with Crippen LogP contribution in [0.25, 0.3) is 5.69 Å². The first kappa shape index (κ1) is 15.5. The maximum absolute atomic E-state index is 12.2. The molecule has 0 aliphatic carbocycles. The van der Waals surface area contributed by atoms with Crippen LogP contribution in [0.3, 0.4) is 0 Å². The number of nitrogens with zero attached hydrogens (tertiary/aromatic N) is 2. The normalized spacial score (nSPS) is 10.6. The maximum atomic E-state index is 12.2. The number of methoxy groups -OCH3 is 1. The Labute approximate surface area is 128 Å². The standard InChI is InChI=1S/C15H18ClN3O2/c1-3-14-13(15(20)17-7-8-21-2)10-18-19(14)12-6-4-5-11(16)9-12/h4-6,9-10H,3,7-8H2,1-2H3,(H,17,20). The zero-order chi connectivity index (χ0) is 15.2. The number of hydrogen-bond acceptors (Lipinski definition) is 3. The van der Waals surface area contributed by atoms with Gasteiger partial charge in [0.2, 0.25) is 0 Å². The molecule has 1 amide bonds. The minimum atomic E-state index is -0.142. The highest BCUT2D eigenvalue weighted by Crippen LogP contribution is 2.19. The SMILES string of the molecule is CCc1c(C(=O)NCCOC)cnn1-c1cccc(Cl)c1. The molecule has 0 spiro atoms. The summed E-state index contributed by atoms with van der Waals surface area (Å²) in [5.74, 6) is -0.142. The van der Waals surface area contributed by atoms with Gasteiger partial charge in [0, 0.05) is 18.7 Å². The number of hydrogen-bond donors (Lipinski definition) is 1. The van der Waals surface area contributed by atoms with Gasteiger partial charge in [0.15, 0.2) is 0 Å². The van der Waals surface area contributed by atoms with E-state index in [4.69, 9.17) is 16.3 Å². The Kier molecular flexibility index (Phi) is 5.36. The topological polar surface area (TPSA) is 56.1 Å². The van der Waals surface area contributed by atoms with Crippen molar-refractivity contribution in [2.75, 3.05) is 20.3 Å². The van der Waals surface area contributed by atoms with Crippen LogP contribution >= 0.6 is 11.6 Å². The summed E-state index contributed by atoms with van der Waals surface area (Å²) in [5.41, 5.74) is 2.27. The van der Waals surface area contributed by atoms with Crippen LogP contribution in [0, 0.1) is 0 Å². The second kappa shape index (κ2) is 7.24. The molecule has 0 fully saturated rings. The molecule has 1 heterocycles. The minimum Gasteiger partial charge on any atom is -0.383 e. The van der Waals surface area contributed by atoms with E-state index in [9.17, 15) is 4.79 Å². The molecule has 0 bridgehead atoms. The molecule has 5 nitrogen and oxygen atoms in total. The molecule has 0 saturated heterocycles. The molecule has 0 saturated carbocycles. The lowest BCUT2D eigenvalue weighted by Crippen LogP contribution is -2.27. The number of benzene rings is 1. The van der Waals surface area contributed by atoms with Gasteiger partial charge in [-0.25, -0.2) is 4.68 Å². The summed E-state index contributed by atoms with van der Waals surface area (Å²) in [6, 6.07) is 7.39. The van der Waals surface area contributed by atoms with Crippen LogP contribution in [-0.4, -0.2) is 35.9 Å². The third-order valence-electron chi connectivity index (χ3n) is 3.09. The van der Waals surface area contributed by atoms with Gasteiger partial charge >= 0.3 is 0 Å². The molecule has 0 unspecified atom stereocenters. The van der Waals surface area contributed by atoms with Crippen LogP contribution in [0.15, 0.2) is 30.5 Å². The summed E-state index contributed by atoms with van der Waals surface area (Å²) < 4.78 is 6.67. The van der Waals surface area contributed by atoms with Crippen molar-refractivity contribution < 1.29 is 9.53 Å². The van der Waals surface area contributed by atoms with Crippen molar-refractivity contribution in [2.24, 2.45) is 0 Å². The summed E-state index contributed by atoms with van der Waals surface area (Å²) in [5, 5.41) is 7.76. The molecule has 0 atom stereocenters. The van der Waals surface area contributed by atoms with Crippen molar-refractivity contribution in [3.8, 4) is 5.69 Å². The first-order valence-electron chi connectivity index (χ1n) is 6.77. The summed E-state index contributed by atoms with van der Waals surface area (Å²) in [4.78, 5) is 12.2. The van der Waals surface area contributed by atoms with Crippen molar-refractivity contribution in [3.63, 3.8) is 0 Å². The lowest BCUT2D eigenvalue weighted by molar-refractivity contribution is 0.0936. The zero-order valence-electron chi connectivity index (χ0n) is 12.1. The fourth-order valence-corrected chi connectivity index (χ4v) is 2.28. The Bertz CT molecular complexity index is 625. The van der Waals surface area contributed by atoms with Gasteiger partial charge in [-0.1, -0.05) is 24.6 Å². The Balaban J connectivity index is 2.28. The lowest BCUT2D eigenvalue weighted by Gasteiger charge is -2.08. The van der Waals surface area contributed by atoms with E-state index in [2.05, 4.69) is 10.4 Å². The molecule has 1 aromatic heterocycles. The predicted molar refractivity (Wildman–Crippen MR) is 82.2 cm³/mol. The highest BCUT2D eigenvalue weighted by molar-refractivity contribution is 6.30. The van der Waals surface area contributed by atoms with Crippen molar-refractivity contribution >= 4 is 17.5 Å². The fourth-order valence-electron chi connectivity index (χ4n) is 2.10. The number of carbonyl (C=O) groups is 1. The molecule has 0 aliphatic heterocycles. The molecule has 21 heavy (non-hydrogen) atoms. The molecular weight excluding hydrogens is 290 g/mol. The monoisotopic (exact) mass is 307 g/mol. The third-order valence-corrected chi connectivity index (χ3v) is 3.33. The number of carbonyl (C=O) groups excluding carboxylic acids is 1. The van der Waals surface area contributed by atoms with Crippen molar-refractivity contribution in [2.45, 2.75) is 13.3 Å². The molecule has 2 aromatic rings. The van der Waals surface area contributed by atoms with E-state index in [1.54, 1.807) is 24.1 Å². The quantitative estimate of drug-likeness (QED) is 0.834. The van der Waals surface area contributed by atoms with Gasteiger partial charge in [-0.3, -0.25) is 4.79 Å². The van der Waals surface area contributed by atoms with E-state index >= 15 is 0 Å². The Morgan fingerprint density at radius 1 is 1.48 bits per heavy atom. The average molecular weight is 308 g/mol. The van der Waals surface area contributed by atoms with Crippen LogP contribution in [0.5, 0.6) is 0 Å². The van der Waals surface area contributed by atoms with Crippen LogP contribution < -0.4 is 5.32 Å². The molecular formula is C15H18ClN3O2. The Hall–Kier alpha value is -1.85. The first-order valence-corrected chi connectivity index (χ1v) is 7.15. The molecule has 1 aromatic carbocycles. The number of ether oxygens (including phenoxy) is 1. The van der Waals surface area contributed by atoms with Gasteiger partial charge < -0.3 is 10.1 Å². The smallest absolute Gasteiger partial charge is 0.254 e. The summed E-state index contributed by atoms with van der Waals surface area (Å²) >= 11 is 6.01. The summed E-state index contributed by atoms with van der Waals surface area (Å²) in [7, 11) is 1.60. The van der Waals surface area contributed by atoms with E-state index in [0.717, 1.165) is 11.4 Å². The predicted octanol–water partition coefficient (Wildman–Crippen LogP) is 2.46. The van der Waals surface area contributed by atoms with Gasteiger partial charge in [-0.15, -0.1) is 0 Å². The fraction of sp³-hybridized carbons (Fsp3) is 0.333. The molecule has 1 N–H and O–H groups in total. The maximum Gasteiger partial charge on any atom is 0.254 e. The van der Waals surface area contributed by atoms with E-state index in [1.807, 2.05) is 25.1 Å². The number of rotatable bonds is 6. The molecule has 2 rings (SSSR count). The zero-order valence-corrected chi connectivity index (χ0v) is 12.9. The van der Waals surface area contributed by atoms with Crippen molar-refractivity contribution in [3.05, 3.63) is 46.7 Å². The molecule has 0 aliphatic rings. The lowest BCUT2D eigenvalue weighted by atomic mass is 10.2. The second-order valence-corrected chi connectivity index (χ2v) is 4.94. The molecule has 6 heteroatoms. The first-order chi connectivity index (χ1) is 10.2. The van der Waals surface area contributed by atoms with Crippen LogP contribution in [-0.2, 0) is 11.2 Å². The summed E-state index contributed by atoms with van der Waals surface area (Å²) in [6.07, 6.45) is 2.28. The minimum absolute atomic E-state index is 0.142. The van der Waals surface area contributed by atoms with Crippen molar-refractivity contribution in [1.29, 1.82) is 0 Å². The average Bonchev–Trinajstić information content (AvgIpc) is 2.91. The van der Waals surface area contributed by atoms with Crippen LogP contribution in [0.4, 0.5) is 0 Å². The van der Waals surface area contributed by atoms with Crippen LogP contribution in [0.2, 0.25) is 5.02 Å². The molecule has 0 radical (unpaired) electrons. The van der Waals surface area contributed by atoms with Gasteiger partial charge in [0.05, 0.1) is 29.7 Å². The van der Waals surface area contributed by atoms with E-state index in [-0.39, 0.29) is 5.91 Å². The highest BCUT2D eigenvalue weighted by atomic mass is 35.5. The van der Waals surface area contributed by atoms with E-state index in [0.29, 0.717) is 30.2 Å². The van der Waals surface area contributed by atoms with Crippen LogP contribution in [0.1, 0.15) is 23.0 Å². The van der Waals surface area contributed by atoms with Gasteiger partial charge in [-0.05, 0) is 24.6 Å². The van der Waals surface area contributed by atoms with E-state index < -0.39 is 0 Å². The summed E-state index contributed by atoms with van der Waals surface area (Å²) in [6.45, 7) is 2.94. The van der Waals surface area contributed by atoms with Gasteiger partial charge in [0.25, 0.3) is 5.91 Å². The number of aromatic nitrogens is 2. The van der Waals surface area contributed by atoms with Crippen molar-refractivity contribution in [1.82, 2.24) is 15.1 Å². The Morgan fingerprint density at radius 3 is 2.95 bits per heavy atom. The number of amides is 1. The van der Waals surface area contributed by atoms with Gasteiger partial charge in [-0.2, -0.15) is 5.10 Å².